The highest BCUT2D eigenvalue weighted by Crippen LogP contribution is 2.18. The van der Waals surface area contributed by atoms with E-state index < -0.39 is 0 Å². The third kappa shape index (κ3) is 4.34. The molecule has 0 bridgehead atoms. The molecule has 0 heterocycles. The molecule has 1 aromatic rings. The molecule has 4 heteroatoms. The first-order chi connectivity index (χ1) is 8.36. The Kier molecular flexibility index (Phi) is 5.76. The molecule has 0 saturated heterocycles. The van der Waals surface area contributed by atoms with Crippen LogP contribution in [0.5, 0.6) is 0 Å². The van der Waals surface area contributed by atoms with Gasteiger partial charge < -0.3 is 5.32 Å². The van der Waals surface area contributed by atoms with E-state index in [0.717, 1.165) is 29.5 Å². The van der Waals surface area contributed by atoms with Crippen LogP contribution in [0.3, 0.4) is 0 Å². The highest BCUT2D eigenvalue weighted by atomic mass is 79.9. The van der Waals surface area contributed by atoms with Crippen LogP contribution in [0.2, 0.25) is 0 Å². The zero-order valence-corrected chi connectivity index (χ0v) is 13.1. The minimum absolute atomic E-state index is 0.0667. The first-order valence-corrected chi connectivity index (χ1v) is 6.96. The topological polar surface area (TPSA) is 15.3 Å². The van der Waals surface area contributed by atoms with Crippen LogP contribution in [0.4, 0.5) is 4.39 Å². The standard InChI is InChI=1S/C14H22BrFN2/c1-14(2,10-17-3)18(4)8-7-11-9-12(15)5-6-13(11)16/h5-6,9,17H,7-8,10H2,1-4H3. The zero-order valence-electron chi connectivity index (χ0n) is 11.6. The summed E-state index contributed by atoms with van der Waals surface area (Å²) in [6.07, 6.45) is 0.717. The highest BCUT2D eigenvalue weighted by molar-refractivity contribution is 9.10. The van der Waals surface area contributed by atoms with Gasteiger partial charge in [0.25, 0.3) is 0 Å². The summed E-state index contributed by atoms with van der Waals surface area (Å²) in [5.41, 5.74) is 0.827. The monoisotopic (exact) mass is 316 g/mol. The maximum absolute atomic E-state index is 13.6. The van der Waals surface area contributed by atoms with Gasteiger partial charge in [0.1, 0.15) is 5.82 Å². The van der Waals surface area contributed by atoms with E-state index in [4.69, 9.17) is 0 Å². The number of nitrogens with zero attached hydrogens (tertiary/aromatic N) is 1. The predicted molar refractivity (Wildman–Crippen MR) is 78.4 cm³/mol. The van der Waals surface area contributed by atoms with Crippen molar-refractivity contribution in [2.45, 2.75) is 25.8 Å². The molecule has 102 valence electrons. The Labute approximate surface area is 118 Å². The van der Waals surface area contributed by atoms with Gasteiger partial charge in [0.05, 0.1) is 0 Å². The molecule has 0 unspecified atom stereocenters. The molecule has 1 N–H and O–H groups in total. The van der Waals surface area contributed by atoms with Crippen LogP contribution in [0.25, 0.3) is 0 Å². The second kappa shape index (κ2) is 6.64. The Morgan fingerprint density at radius 1 is 1.39 bits per heavy atom. The highest BCUT2D eigenvalue weighted by Gasteiger charge is 2.22. The molecule has 0 fully saturated rings. The Bertz CT molecular complexity index is 393. The van der Waals surface area contributed by atoms with Crippen LogP contribution in [0.1, 0.15) is 19.4 Å². The summed E-state index contributed by atoms with van der Waals surface area (Å²) < 4.78 is 14.5. The van der Waals surface area contributed by atoms with Crippen LogP contribution >= 0.6 is 15.9 Å². The molecule has 2 nitrogen and oxygen atoms in total. The van der Waals surface area contributed by atoms with E-state index in [2.05, 4.69) is 47.0 Å². The Morgan fingerprint density at radius 2 is 2.06 bits per heavy atom. The summed E-state index contributed by atoms with van der Waals surface area (Å²) in [4.78, 5) is 2.25. The normalized spacial score (nSPS) is 12.2. The molecule has 0 radical (unpaired) electrons. The summed E-state index contributed by atoms with van der Waals surface area (Å²) in [7, 11) is 4.02. The largest absolute Gasteiger partial charge is 0.318 e. The lowest BCUT2D eigenvalue weighted by Crippen LogP contribution is -2.48. The van der Waals surface area contributed by atoms with Crippen molar-refractivity contribution >= 4 is 15.9 Å². The molecule has 0 aliphatic carbocycles. The Morgan fingerprint density at radius 3 is 2.67 bits per heavy atom. The van der Waals surface area contributed by atoms with Crippen molar-refractivity contribution in [2.75, 3.05) is 27.2 Å². The molecular weight excluding hydrogens is 295 g/mol. The fourth-order valence-electron chi connectivity index (χ4n) is 1.89. The second-order valence-electron chi connectivity index (χ2n) is 5.25. The van der Waals surface area contributed by atoms with Crippen LogP contribution in [0.15, 0.2) is 22.7 Å². The molecule has 0 aliphatic heterocycles. The maximum atomic E-state index is 13.6. The van der Waals surface area contributed by atoms with Crippen LogP contribution in [0, 0.1) is 5.82 Å². The summed E-state index contributed by atoms with van der Waals surface area (Å²) in [6, 6.07) is 5.10. The van der Waals surface area contributed by atoms with Gasteiger partial charge in [0.2, 0.25) is 0 Å². The number of nitrogens with one attached hydrogen (secondary N) is 1. The van der Waals surface area contributed by atoms with Gasteiger partial charge in [-0.3, -0.25) is 4.90 Å². The number of hydrogen-bond acceptors (Lipinski definition) is 2. The van der Waals surface area contributed by atoms with Gasteiger partial charge in [-0.25, -0.2) is 4.39 Å². The van der Waals surface area contributed by atoms with E-state index in [0.29, 0.717) is 0 Å². The number of benzene rings is 1. The number of hydrogen-bond donors (Lipinski definition) is 1. The maximum Gasteiger partial charge on any atom is 0.126 e. The lowest BCUT2D eigenvalue weighted by atomic mass is 10.0. The smallest absolute Gasteiger partial charge is 0.126 e. The van der Waals surface area contributed by atoms with Crippen molar-refractivity contribution in [2.24, 2.45) is 0 Å². The van der Waals surface area contributed by atoms with Gasteiger partial charge in [-0.1, -0.05) is 15.9 Å². The van der Waals surface area contributed by atoms with Crippen molar-refractivity contribution < 1.29 is 4.39 Å². The van der Waals surface area contributed by atoms with E-state index >= 15 is 0 Å². The lowest BCUT2D eigenvalue weighted by molar-refractivity contribution is 0.157. The molecule has 0 spiro atoms. The van der Waals surface area contributed by atoms with E-state index in [1.54, 1.807) is 6.07 Å². The molecule has 0 atom stereocenters. The van der Waals surface area contributed by atoms with Gasteiger partial charge in [-0.05, 0) is 58.1 Å². The van der Waals surface area contributed by atoms with Gasteiger partial charge in [-0.15, -0.1) is 0 Å². The minimum Gasteiger partial charge on any atom is -0.318 e. The Hall–Kier alpha value is -0.450. The third-order valence-corrected chi connectivity index (χ3v) is 3.86. The minimum atomic E-state index is -0.127. The zero-order chi connectivity index (χ0) is 13.8. The van der Waals surface area contributed by atoms with Crippen molar-refractivity contribution in [1.29, 1.82) is 0 Å². The quantitative estimate of drug-likeness (QED) is 0.867. The SMILES string of the molecule is CNCC(C)(C)N(C)CCc1cc(Br)ccc1F. The van der Waals surface area contributed by atoms with E-state index in [1.165, 1.54) is 6.07 Å². The second-order valence-corrected chi connectivity index (χ2v) is 6.17. The molecule has 0 saturated carbocycles. The Balaban J connectivity index is 2.62. The fraction of sp³-hybridized carbons (Fsp3) is 0.571. The first kappa shape index (κ1) is 15.6. The van der Waals surface area contributed by atoms with Crippen LogP contribution in [-0.2, 0) is 6.42 Å². The number of rotatable bonds is 6. The molecule has 0 amide bonds. The van der Waals surface area contributed by atoms with E-state index in [9.17, 15) is 4.39 Å². The number of halogens is 2. The number of likely N-dealkylation sites (N-methyl/N-ethyl adjacent to an activating group) is 2. The molecule has 18 heavy (non-hydrogen) atoms. The van der Waals surface area contributed by atoms with Crippen molar-refractivity contribution in [3.63, 3.8) is 0 Å². The van der Waals surface area contributed by atoms with Gasteiger partial charge >= 0.3 is 0 Å². The summed E-state index contributed by atoms with van der Waals surface area (Å²) in [5.74, 6) is -0.127. The molecule has 1 aromatic carbocycles. The summed E-state index contributed by atoms with van der Waals surface area (Å²) >= 11 is 3.38. The molecule has 1 rings (SSSR count). The van der Waals surface area contributed by atoms with Crippen LogP contribution in [-0.4, -0.2) is 37.6 Å². The van der Waals surface area contributed by atoms with E-state index in [1.807, 2.05) is 13.1 Å². The third-order valence-electron chi connectivity index (χ3n) is 3.37. The molecule has 0 aromatic heterocycles. The fourth-order valence-corrected chi connectivity index (χ4v) is 2.30. The average Bonchev–Trinajstić information content (AvgIpc) is 2.29. The first-order valence-electron chi connectivity index (χ1n) is 6.16. The lowest BCUT2D eigenvalue weighted by Gasteiger charge is -2.35. The van der Waals surface area contributed by atoms with E-state index in [-0.39, 0.29) is 11.4 Å². The van der Waals surface area contributed by atoms with Crippen molar-refractivity contribution in [3.8, 4) is 0 Å². The van der Waals surface area contributed by atoms with Gasteiger partial charge in [-0.2, -0.15) is 0 Å². The van der Waals surface area contributed by atoms with Crippen molar-refractivity contribution in [1.82, 2.24) is 10.2 Å². The summed E-state index contributed by atoms with van der Waals surface area (Å²) in [6.45, 7) is 6.11. The van der Waals surface area contributed by atoms with Gasteiger partial charge in [0.15, 0.2) is 0 Å². The van der Waals surface area contributed by atoms with Crippen LogP contribution < -0.4 is 5.32 Å². The summed E-state index contributed by atoms with van der Waals surface area (Å²) in [5, 5.41) is 3.18. The predicted octanol–water partition coefficient (Wildman–Crippen LogP) is 3.06. The molecule has 0 aliphatic rings. The van der Waals surface area contributed by atoms with Gasteiger partial charge in [0, 0.05) is 23.1 Å². The molecular formula is C14H22BrFN2. The average molecular weight is 317 g/mol. The van der Waals surface area contributed by atoms with Crippen molar-refractivity contribution in [3.05, 3.63) is 34.1 Å².